The first kappa shape index (κ1) is 39.2. The van der Waals surface area contributed by atoms with E-state index in [1.165, 1.54) is 16.7 Å². The molecule has 0 saturated heterocycles. The van der Waals surface area contributed by atoms with Crippen LogP contribution in [-0.4, -0.2) is 21.6 Å². The van der Waals surface area contributed by atoms with Gasteiger partial charge in [-0.05, 0) is 135 Å². The minimum absolute atomic E-state index is 0.101. The highest BCUT2D eigenvalue weighted by Crippen LogP contribution is 2.42. The molecule has 0 aliphatic rings. The monoisotopic (exact) mass is 788 g/mol. The van der Waals surface area contributed by atoms with E-state index in [2.05, 4.69) is 193 Å². The summed E-state index contributed by atoms with van der Waals surface area (Å²) in [6.07, 6.45) is 1.90. The molecule has 302 valence electrons. The molecule has 0 N–H and O–H groups in total. The van der Waals surface area contributed by atoms with E-state index >= 15 is 0 Å². The van der Waals surface area contributed by atoms with Gasteiger partial charge in [-0.3, -0.25) is 9.55 Å². The molecule has 8 aromatic rings. The fraction of sp³-hybridized carbons (Fsp3) is 0.250. The zero-order valence-electron chi connectivity index (χ0n) is 38.0. The number of methoxy groups -OCH3 is 1. The summed E-state index contributed by atoms with van der Waals surface area (Å²) >= 11 is 0. The van der Waals surface area contributed by atoms with E-state index in [4.69, 9.17) is 16.1 Å². The number of hydrogen-bond acceptors (Lipinski definition) is 3. The number of hydrogen-bond donors (Lipinski definition) is 0. The SMILES string of the molecule is [2H]C(C)(C)c1ccc(-c2ccnc(-c3cc(-c4cccc5c4nc(-c4cc(C)cc(C)c4OC)n5-c4cc(-c5ccccc5)cc(C(C)(C)C)c4)cc(C(C)(C)C)c3)c2)cc1. The summed E-state index contributed by atoms with van der Waals surface area (Å²) in [6.45, 7) is 21.7. The average molecular weight is 789 g/mol. The first-order valence-corrected chi connectivity index (χ1v) is 21.0. The van der Waals surface area contributed by atoms with Gasteiger partial charge in [0.15, 0.2) is 0 Å². The van der Waals surface area contributed by atoms with Crippen molar-refractivity contribution < 1.29 is 6.11 Å². The summed E-state index contributed by atoms with van der Waals surface area (Å²) in [5, 5.41) is 0. The Morgan fingerprint density at radius 3 is 1.95 bits per heavy atom. The predicted molar refractivity (Wildman–Crippen MR) is 254 cm³/mol. The van der Waals surface area contributed by atoms with Crippen LogP contribution >= 0.6 is 0 Å². The van der Waals surface area contributed by atoms with Crippen LogP contribution in [0.15, 0.2) is 140 Å². The minimum Gasteiger partial charge on any atom is -0.496 e. The molecule has 4 nitrogen and oxygen atoms in total. The van der Waals surface area contributed by atoms with Gasteiger partial charge in [-0.2, -0.15) is 0 Å². The molecule has 2 heterocycles. The number of rotatable bonds is 8. The van der Waals surface area contributed by atoms with Crippen molar-refractivity contribution in [2.75, 3.05) is 7.11 Å². The predicted octanol–water partition coefficient (Wildman–Crippen LogP) is 15.1. The van der Waals surface area contributed by atoms with Gasteiger partial charge in [0.2, 0.25) is 0 Å². The van der Waals surface area contributed by atoms with Crippen LogP contribution in [0.3, 0.4) is 0 Å². The van der Waals surface area contributed by atoms with Gasteiger partial charge in [0.1, 0.15) is 11.6 Å². The number of benzene rings is 6. The lowest BCUT2D eigenvalue weighted by molar-refractivity contribution is 0.413. The molecule has 0 aliphatic heterocycles. The summed E-state index contributed by atoms with van der Waals surface area (Å²) in [5.41, 5.74) is 18.0. The van der Waals surface area contributed by atoms with Crippen molar-refractivity contribution >= 4 is 11.0 Å². The number of pyridine rings is 1. The van der Waals surface area contributed by atoms with Crippen LogP contribution in [0.1, 0.15) is 90.5 Å². The first-order valence-electron chi connectivity index (χ1n) is 21.5. The molecule has 0 bridgehead atoms. The molecule has 2 aromatic heterocycles. The number of aryl methyl sites for hydroxylation is 2. The molecule has 0 amide bonds. The summed E-state index contributed by atoms with van der Waals surface area (Å²) in [7, 11) is 1.75. The zero-order chi connectivity index (χ0) is 43.4. The normalized spacial score (nSPS) is 12.5. The van der Waals surface area contributed by atoms with Crippen LogP contribution in [0, 0.1) is 13.8 Å². The summed E-state index contributed by atoms with van der Waals surface area (Å²) in [6, 6.07) is 48.0. The Bertz CT molecular complexity index is 2900. The highest BCUT2D eigenvalue weighted by atomic mass is 16.5. The van der Waals surface area contributed by atoms with Gasteiger partial charge in [-0.1, -0.05) is 140 Å². The van der Waals surface area contributed by atoms with Crippen molar-refractivity contribution in [2.24, 2.45) is 0 Å². The van der Waals surface area contributed by atoms with Crippen molar-refractivity contribution in [2.45, 2.75) is 86.0 Å². The van der Waals surface area contributed by atoms with E-state index in [0.717, 1.165) is 89.6 Å². The molecule has 0 spiro atoms. The Morgan fingerprint density at radius 1 is 0.600 bits per heavy atom. The molecular weight excluding hydrogens is 731 g/mol. The van der Waals surface area contributed by atoms with Crippen LogP contribution in [0.25, 0.3) is 72.7 Å². The minimum atomic E-state index is -0.655. The molecular formula is C56H57N3O. The number of fused-ring (bicyclic) bond motifs is 1. The smallest absolute Gasteiger partial charge is 0.149 e. The largest absolute Gasteiger partial charge is 0.496 e. The lowest BCUT2D eigenvalue weighted by Gasteiger charge is -2.23. The molecule has 0 atom stereocenters. The van der Waals surface area contributed by atoms with E-state index < -0.39 is 5.89 Å². The Labute approximate surface area is 358 Å². The van der Waals surface area contributed by atoms with Crippen molar-refractivity contribution in [3.63, 3.8) is 0 Å². The van der Waals surface area contributed by atoms with E-state index in [1.807, 2.05) is 20.0 Å². The summed E-state index contributed by atoms with van der Waals surface area (Å²) in [5.74, 6) is 0.996. The lowest BCUT2D eigenvalue weighted by Crippen LogP contribution is -2.12. The first-order chi connectivity index (χ1) is 28.9. The maximum absolute atomic E-state index is 8.49. The molecule has 0 unspecified atom stereocenters. The van der Waals surface area contributed by atoms with Gasteiger partial charge in [0, 0.05) is 24.4 Å². The topological polar surface area (TPSA) is 39.9 Å². The molecule has 60 heavy (non-hydrogen) atoms. The number of nitrogens with zero attached hydrogens (tertiary/aromatic N) is 3. The van der Waals surface area contributed by atoms with Gasteiger partial charge in [0.25, 0.3) is 0 Å². The van der Waals surface area contributed by atoms with E-state index in [9.17, 15) is 0 Å². The van der Waals surface area contributed by atoms with Gasteiger partial charge >= 0.3 is 0 Å². The van der Waals surface area contributed by atoms with E-state index in [0.29, 0.717) is 0 Å². The summed E-state index contributed by atoms with van der Waals surface area (Å²) in [4.78, 5) is 10.6. The van der Waals surface area contributed by atoms with Crippen molar-refractivity contribution in [1.29, 1.82) is 0 Å². The van der Waals surface area contributed by atoms with Crippen LogP contribution < -0.4 is 4.74 Å². The van der Waals surface area contributed by atoms with Crippen LogP contribution in [-0.2, 0) is 10.8 Å². The zero-order valence-corrected chi connectivity index (χ0v) is 37.0. The molecule has 0 fully saturated rings. The molecule has 0 aliphatic carbocycles. The van der Waals surface area contributed by atoms with Gasteiger partial charge in [-0.15, -0.1) is 0 Å². The maximum atomic E-state index is 8.49. The number of para-hydroxylation sites is 1. The number of imidazole rings is 1. The Morgan fingerprint density at radius 2 is 1.27 bits per heavy atom. The van der Waals surface area contributed by atoms with Crippen molar-refractivity contribution in [3.8, 4) is 67.5 Å². The molecule has 0 radical (unpaired) electrons. The van der Waals surface area contributed by atoms with Gasteiger partial charge in [-0.25, -0.2) is 4.98 Å². The second-order valence-electron chi connectivity index (χ2n) is 18.5. The maximum Gasteiger partial charge on any atom is 0.149 e. The van der Waals surface area contributed by atoms with Crippen molar-refractivity contribution in [3.05, 3.63) is 167 Å². The molecule has 8 rings (SSSR count). The highest BCUT2D eigenvalue weighted by molar-refractivity contribution is 5.97. The number of ether oxygens (including phenoxy) is 1. The third-order valence-electron chi connectivity index (χ3n) is 11.7. The van der Waals surface area contributed by atoms with Gasteiger partial charge in [0.05, 0.1) is 29.4 Å². The Kier molecular flexibility index (Phi) is 10.3. The lowest BCUT2D eigenvalue weighted by atomic mass is 9.83. The summed E-state index contributed by atoms with van der Waals surface area (Å²) < 4.78 is 17.0. The quantitative estimate of drug-likeness (QED) is 0.154. The van der Waals surface area contributed by atoms with Crippen LogP contribution in [0.5, 0.6) is 5.75 Å². The van der Waals surface area contributed by atoms with Crippen molar-refractivity contribution in [1.82, 2.24) is 14.5 Å². The standard InChI is InChI=1S/C56H57N3O/c1-35(2)38-20-22-40(23-21-38)41-24-25-57-50(33-41)44-28-43(30-45(31-44)55(5,6)7)48-18-15-19-51-52(48)58-54(49-27-36(3)26-37(4)53(49)60-11)59(51)47-32-42(39-16-13-12-14-17-39)29-46(34-47)56(8,9)10/h12-35H,1-11H3/i35D. The van der Waals surface area contributed by atoms with Crippen LogP contribution in [0.4, 0.5) is 0 Å². The second-order valence-corrected chi connectivity index (χ2v) is 18.5. The number of aromatic nitrogens is 3. The fourth-order valence-electron chi connectivity index (χ4n) is 8.26. The third kappa shape index (κ3) is 7.91. The van der Waals surface area contributed by atoms with E-state index in [1.54, 1.807) is 7.11 Å². The van der Waals surface area contributed by atoms with E-state index in [-0.39, 0.29) is 10.8 Å². The fourth-order valence-corrected chi connectivity index (χ4v) is 8.26. The second kappa shape index (κ2) is 15.7. The Hall–Kier alpha value is -6.26. The highest BCUT2D eigenvalue weighted by Gasteiger charge is 2.25. The Balaban J connectivity index is 1.38. The molecule has 6 aromatic carbocycles. The molecule has 0 saturated carbocycles. The third-order valence-corrected chi connectivity index (χ3v) is 11.7. The van der Waals surface area contributed by atoms with Crippen LogP contribution in [0.2, 0.25) is 0 Å². The molecule has 4 heteroatoms. The average Bonchev–Trinajstić information content (AvgIpc) is 3.62. The van der Waals surface area contributed by atoms with Gasteiger partial charge < -0.3 is 4.74 Å².